The molecule has 0 aliphatic rings. The predicted molar refractivity (Wildman–Crippen MR) is 67.1 cm³/mol. The zero-order valence-electron chi connectivity index (χ0n) is 9.37. The molecule has 3 rings (SSSR count). The highest BCUT2D eigenvalue weighted by Crippen LogP contribution is 2.32. The number of hydrogen-bond acceptors (Lipinski definition) is 1. The minimum Gasteiger partial charge on any atom is -0.495 e. The van der Waals surface area contributed by atoms with Gasteiger partial charge in [0, 0.05) is 16.3 Å². The number of fused-ring (bicyclic) bond motifs is 3. The van der Waals surface area contributed by atoms with Crippen molar-refractivity contribution in [2.45, 2.75) is 6.92 Å². The van der Waals surface area contributed by atoms with Gasteiger partial charge >= 0.3 is 0 Å². The number of aromatic amines is 1. The van der Waals surface area contributed by atoms with Crippen molar-refractivity contribution < 1.29 is 4.74 Å². The van der Waals surface area contributed by atoms with Crippen LogP contribution in [-0.4, -0.2) is 12.1 Å². The second-order valence-corrected chi connectivity index (χ2v) is 4.01. The van der Waals surface area contributed by atoms with E-state index in [4.69, 9.17) is 4.74 Å². The van der Waals surface area contributed by atoms with Crippen molar-refractivity contribution in [3.8, 4) is 5.75 Å². The van der Waals surface area contributed by atoms with Crippen LogP contribution in [0.4, 0.5) is 0 Å². The van der Waals surface area contributed by atoms with Gasteiger partial charge in [-0.05, 0) is 18.6 Å². The van der Waals surface area contributed by atoms with Crippen molar-refractivity contribution in [3.05, 3.63) is 42.0 Å². The van der Waals surface area contributed by atoms with E-state index in [2.05, 4.69) is 36.2 Å². The van der Waals surface area contributed by atoms with Crippen LogP contribution in [0, 0.1) is 6.92 Å². The molecule has 0 saturated carbocycles. The van der Waals surface area contributed by atoms with Crippen LogP contribution >= 0.6 is 0 Å². The molecule has 2 heteroatoms. The molecule has 0 saturated heterocycles. The second kappa shape index (κ2) is 3.27. The molecule has 0 aliphatic carbocycles. The monoisotopic (exact) mass is 211 g/mol. The van der Waals surface area contributed by atoms with Gasteiger partial charge in [0.2, 0.25) is 0 Å². The molecule has 0 fully saturated rings. The minimum atomic E-state index is 0.896. The smallest absolute Gasteiger partial charge is 0.142 e. The molecule has 0 radical (unpaired) electrons. The van der Waals surface area contributed by atoms with Crippen LogP contribution < -0.4 is 4.74 Å². The van der Waals surface area contributed by atoms with Crippen molar-refractivity contribution in [3.63, 3.8) is 0 Å². The van der Waals surface area contributed by atoms with Gasteiger partial charge in [0.15, 0.2) is 0 Å². The van der Waals surface area contributed by atoms with Crippen LogP contribution in [-0.2, 0) is 0 Å². The molecule has 1 N–H and O–H groups in total. The quantitative estimate of drug-likeness (QED) is 0.653. The third kappa shape index (κ3) is 1.13. The molecule has 1 heterocycles. The molecule has 0 spiro atoms. The first-order valence-electron chi connectivity index (χ1n) is 5.35. The number of ether oxygens (including phenoxy) is 1. The molecule has 1 aromatic heterocycles. The lowest BCUT2D eigenvalue weighted by atomic mass is 10.1. The van der Waals surface area contributed by atoms with Crippen LogP contribution in [0.1, 0.15) is 5.56 Å². The maximum Gasteiger partial charge on any atom is 0.142 e. The first-order chi connectivity index (χ1) is 7.81. The third-order valence-corrected chi connectivity index (χ3v) is 3.06. The zero-order valence-corrected chi connectivity index (χ0v) is 9.37. The predicted octanol–water partition coefficient (Wildman–Crippen LogP) is 3.64. The third-order valence-electron chi connectivity index (χ3n) is 3.06. The topological polar surface area (TPSA) is 25.0 Å². The molecular formula is C14H13NO. The molecule has 3 aromatic rings. The number of para-hydroxylation sites is 2. The molecule has 0 unspecified atom stereocenters. The summed E-state index contributed by atoms with van der Waals surface area (Å²) in [6.07, 6.45) is 0. The molecule has 0 atom stereocenters. The lowest BCUT2D eigenvalue weighted by Crippen LogP contribution is -1.82. The summed E-state index contributed by atoms with van der Waals surface area (Å²) in [6.45, 7) is 2.12. The summed E-state index contributed by atoms with van der Waals surface area (Å²) >= 11 is 0. The number of methoxy groups -OCH3 is 1. The van der Waals surface area contributed by atoms with E-state index in [9.17, 15) is 0 Å². The average Bonchev–Trinajstić information content (AvgIpc) is 2.69. The summed E-state index contributed by atoms with van der Waals surface area (Å²) in [6, 6.07) is 12.5. The minimum absolute atomic E-state index is 0.896. The summed E-state index contributed by atoms with van der Waals surface area (Å²) in [5.41, 5.74) is 3.53. The highest BCUT2D eigenvalue weighted by molar-refractivity contribution is 6.09. The Balaban J connectivity index is 2.55. The van der Waals surface area contributed by atoms with Crippen molar-refractivity contribution in [1.29, 1.82) is 0 Å². The fourth-order valence-corrected chi connectivity index (χ4v) is 2.24. The Hall–Kier alpha value is -1.96. The van der Waals surface area contributed by atoms with Crippen molar-refractivity contribution in [2.24, 2.45) is 0 Å². The zero-order chi connectivity index (χ0) is 11.1. The first kappa shape index (κ1) is 9.28. The second-order valence-electron chi connectivity index (χ2n) is 4.01. The van der Waals surface area contributed by atoms with Crippen molar-refractivity contribution >= 4 is 21.8 Å². The highest BCUT2D eigenvalue weighted by Gasteiger charge is 2.08. The first-order valence-corrected chi connectivity index (χ1v) is 5.35. The van der Waals surface area contributed by atoms with E-state index in [0.717, 1.165) is 11.3 Å². The van der Waals surface area contributed by atoms with E-state index >= 15 is 0 Å². The average molecular weight is 211 g/mol. The lowest BCUT2D eigenvalue weighted by molar-refractivity contribution is 0.419. The van der Waals surface area contributed by atoms with Gasteiger partial charge in [0.05, 0.1) is 12.6 Å². The number of benzene rings is 2. The molecule has 0 bridgehead atoms. The van der Waals surface area contributed by atoms with E-state index in [1.54, 1.807) is 7.11 Å². The van der Waals surface area contributed by atoms with Crippen LogP contribution in [0.25, 0.3) is 21.8 Å². The largest absolute Gasteiger partial charge is 0.495 e. The van der Waals surface area contributed by atoms with Gasteiger partial charge in [-0.1, -0.05) is 30.3 Å². The van der Waals surface area contributed by atoms with Crippen LogP contribution in [0.2, 0.25) is 0 Å². The number of aryl methyl sites for hydroxylation is 1. The normalized spacial score (nSPS) is 11.1. The van der Waals surface area contributed by atoms with Gasteiger partial charge < -0.3 is 9.72 Å². The standard InChI is InChI=1S/C14H13NO/c1-9-5-3-6-10-11-7-4-8-12(16-2)14(11)15-13(9)10/h3-8,15H,1-2H3. The van der Waals surface area contributed by atoms with Crippen LogP contribution in [0.3, 0.4) is 0 Å². The molecule has 16 heavy (non-hydrogen) atoms. The van der Waals surface area contributed by atoms with Gasteiger partial charge in [-0.25, -0.2) is 0 Å². The van der Waals surface area contributed by atoms with E-state index in [1.165, 1.54) is 21.9 Å². The van der Waals surface area contributed by atoms with Crippen molar-refractivity contribution in [2.75, 3.05) is 7.11 Å². The summed E-state index contributed by atoms with van der Waals surface area (Å²) in [7, 11) is 1.70. The number of H-pyrrole nitrogens is 1. The number of aromatic nitrogens is 1. The van der Waals surface area contributed by atoms with Crippen LogP contribution in [0.5, 0.6) is 5.75 Å². The molecule has 0 aliphatic heterocycles. The van der Waals surface area contributed by atoms with E-state index < -0.39 is 0 Å². The fourth-order valence-electron chi connectivity index (χ4n) is 2.24. The Morgan fingerprint density at radius 1 is 0.938 bits per heavy atom. The number of hydrogen-bond donors (Lipinski definition) is 1. The summed E-state index contributed by atoms with van der Waals surface area (Å²) in [5.74, 6) is 0.896. The lowest BCUT2D eigenvalue weighted by Gasteiger charge is -1.99. The van der Waals surface area contributed by atoms with E-state index in [1.807, 2.05) is 12.1 Å². The summed E-state index contributed by atoms with van der Waals surface area (Å²) < 4.78 is 5.37. The van der Waals surface area contributed by atoms with E-state index in [0.29, 0.717) is 0 Å². The number of nitrogens with one attached hydrogen (secondary N) is 1. The van der Waals surface area contributed by atoms with Crippen molar-refractivity contribution in [1.82, 2.24) is 4.98 Å². The van der Waals surface area contributed by atoms with Gasteiger partial charge in [0.25, 0.3) is 0 Å². The SMILES string of the molecule is COc1cccc2c1[nH]c1c(C)cccc12. The Bertz CT molecular complexity index is 667. The molecule has 2 nitrogen and oxygen atoms in total. The summed E-state index contributed by atoms with van der Waals surface area (Å²) in [5, 5.41) is 2.48. The van der Waals surface area contributed by atoms with E-state index in [-0.39, 0.29) is 0 Å². The Labute approximate surface area is 93.8 Å². The maximum absolute atomic E-state index is 5.37. The highest BCUT2D eigenvalue weighted by atomic mass is 16.5. The molecule has 0 amide bonds. The van der Waals surface area contributed by atoms with Crippen LogP contribution in [0.15, 0.2) is 36.4 Å². The Morgan fingerprint density at radius 3 is 2.38 bits per heavy atom. The molecular weight excluding hydrogens is 198 g/mol. The summed E-state index contributed by atoms with van der Waals surface area (Å²) in [4.78, 5) is 3.44. The fraction of sp³-hybridized carbons (Fsp3) is 0.143. The van der Waals surface area contributed by atoms with Gasteiger partial charge in [-0.3, -0.25) is 0 Å². The maximum atomic E-state index is 5.37. The van der Waals surface area contributed by atoms with Gasteiger partial charge in [-0.2, -0.15) is 0 Å². The Morgan fingerprint density at radius 2 is 1.62 bits per heavy atom. The Kier molecular flexibility index (Phi) is 1.90. The number of rotatable bonds is 1. The molecule has 2 aromatic carbocycles. The van der Waals surface area contributed by atoms with Gasteiger partial charge in [-0.15, -0.1) is 0 Å². The van der Waals surface area contributed by atoms with Gasteiger partial charge in [0.1, 0.15) is 5.75 Å². The molecule has 80 valence electrons.